The molecule has 0 spiro atoms. The van der Waals surface area contributed by atoms with Gasteiger partial charge in [-0.3, -0.25) is 0 Å². The van der Waals surface area contributed by atoms with Crippen molar-refractivity contribution in [2.75, 3.05) is 46.4 Å². The molecule has 0 rings (SSSR count). The Morgan fingerprint density at radius 2 is 1.86 bits per heavy atom. The summed E-state index contributed by atoms with van der Waals surface area (Å²) in [4.78, 5) is 0. The third-order valence-corrected chi connectivity index (χ3v) is 4.03. The zero-order chi connectivity index (χ0) is 16.4. The van der Waals surface area contributed by atoms with Crippen LogP contribution in [0.5, 0.6) is 0 Å². The predicted molar refractivity (Wildman–Crippen MR) is 74.2 cm³/mol. The maximum absolute atomic E-state index is 11.8. The lowest BCUT2D eigenvalue weighted by atomic mass is 10.4. The van der Waals surface area contributed by atoms with Crippen molar-refractivity contribution >= 4 is 10.2 Å². The van der Waals surface area contributed by atoms with Crippen molar-refractivity contribution in [3.63, 3.8) is 0 Å². The second-order valence-corrected chi connectivity index (χ2v) is 6.35. The van der Waals surface area contributed by atoms with Gasteiger partial charge in [-0.25, -0.2) is 0 Å². The molecule has 0 heterocycles. The lowest BCUT2D eigenvalue weighted by Gasteiger charge is -2.18. The molecule has 0 aliphatic rings. The summed E-state index contributed by atoms with van der Waals surface area (Å²) in [6.45, 7) is 2.05. The Labute approximate surface area is 124 Å². The molecule has 2 N–H and O–H groups in total. The van der Waals surface area contributed by atoms with Gasteiger partial charge in [-0.15, -0.1) is 0 Å². The second kappa shape index (κ2) is 10.3. The van der Waals surface area contributed by atoms with Gasteiger partial charge in [0.25, 0.3) is 10.2 Å². The Balaban J connectivity index is 3.80. The van der Waals surface area contributed by atoms with Crippen molar-refractivity contribution in [1.82, 2.24) is 14.3 Å². The van der Waals surface area contributed by atoms with Crippen LogP contribution in [0.3, 0.4) is 0 Å². The summed E-state index contributed by atoms with van der Waals surface area (Å²) in [5.41, 5.74) is 0. The fraction of sp³-hybridized carbons (Fsp3) is 1.00. The molecule has 21 heavy (non-hydrogen) atoms. The smallest absolute Gasteiger partial charge is 0.371 e. The van der Waals surface area contributed by atoms with E-state index < -0.39 is 23.0 Å². The van der Waals surface area contributed by atoms with Gasteiger partial charge in [0.1, 0.15) is 6.61 Å². The first-order chi connectivity index (χ1) is 9.69. The number of hydrogen-bond donors (Lipinski definition) is 2. The van der Waals surface area contributed by atoms with Gasteiger partial charge >= 0.3 is 6.18 Å². The highest BCUT2D eigenvalue weighted by Crippen LogP contribution is 2.13. The molecule has 0 radical (unpaired) electrons. The summed E-state index contributed by atoms with van der Waals surface area (Å²) < 4.78 is 66.5. The monoisotopic (exact) mass is 335 g/mol. The van der Waals surface area contributed by atoms with Crippen LogP contribution < -0.4 is 10.0 Å². The van der Waals surface area contributed by atoms with Gasteiger partial charge in [-0.05, 0) is 25.9 Å². The number of alkyl halides is 3. The molecule has 0 bridgehead atoms. The minimum absolute atomic E-state index is 0.198. The van der Waals surface area contributed by atoms with Crippen molar-refractivity contribution in [2.24, 2.45) is 0 Å². The number of ether oxygens (including phenoxy) is 1. The van der Waals surface area contributed by atoms with Crippen molar-refractivity contribution in [3.8, 4) is 0 Å². The lowest BCUT2D eigenvalue weighted by Crippen LogP contribution is -2.40. The maximum Gasteiger partial charge on any atom is 0.411 e. The summed E-state index contributed by atoms with van der Waals surface area (Å²) in [5.74, 6) is 0. The van der Waals surface area contributed by atoms with Crippen LogP contribution in [0, 0.1) is 0 Å². The summed E-state index contributed by atoms with van der Waals surface area (Å²) in [7, 11) is -2.26. The first-order valence-electron chi connectivity index (χ1n) is 6.75. The van der Waals surface area contributed by atoms with E-state index in [1.165, 1.54) is 7.05 Å². The average Bonchev–Trinajstić information content (AvgIpc) is 2.36. The normalized spacial score (nSPS) is 13.0. The molecule has 6 nitrogen and oxygen atoms in total. The van der Waals surface area contributed by atoms with Gasteiger partial charge in [0.05, 0.1) is 6.61 Å². The molecule has 0 aromatic heterocycles. The van der Waals surface area contributed by atoms with Crippen molar-refractivity contribution in [3.05, 3.63) is 0 Å². The van der Waals surface area contributed by atoms with Gasteiger partial charge in [0, 0.05) is 20.1 Å². The van der Waals surface area contributed by atoms with Gasteiger partial charge in [0.15, 0.2) is 0 Å². The van der Waals surface area contributed by atoms with Crippen LogP contribution >= 0.6 is 0 Å². The second-order valence-electron chi connectivity index (χ2n) is 4.49. The molecular weight excluding hydrogens is 311 g/mol. The summed E-state index contributed by atoms with van der Waals surface area (Å²) in [6, 6.07) is 0. The van der Waals surface area contributed by atoms with Crippen LogP contribution in [0.15, 0.2) is 0 Å². The summed E-state index contributed by atoms with van der Waals surface area (Å²) in [5, 5.41) is 3.15. The van der Waals surface area contributed by atoms with Gasteiger partial charge < -0.3 is 10.1 Å². The first-order valence-corrected chi connectivity index (χ1v) is 8.19. The highest BCUT2D eigenvalue weighted by Gasteiger charge is 2.27. The molecule has 0 fully saturated rings. The van der Waals surface area contributed by atoms with E-state index in [2.05, 4.69) is 14.8 Å². The fourth-order valence-electron chi connectivity index (χ4n) is 1.39. The number of halogens is 3. The zero-order valence-electron chi connectivity index (χ0n) is 12.4. The first kappa shape index (κ1) is 20.6. The number of nitrogens with zero attached hydrogens (tertiary/aromatic N) is 1. The lowest BCUT2D eigenvalue weighted by molar-refractivity contribution is -0.173. The molecule has 0 aliphatic carbocycles. The zero-order valence-corrected chi connectivity index (χ0v) is 13.2. The van der Waals surface area contributed by atoms with Crippen LogP contribution in [-0.2, 0) is 14.9 Å². The molecule has 0 atom stereocenters. The van der Waals surface area contributed by atoms with Crippen molar-refractivity contribution < 1.29 is 26.3 Å². The van der Waals surface area contributed by atoms with Crippen LogP contribution in [0.25, 0.3) is 0 Å². The minimum Gasteiger partial charge on any atom is -0.371 e. The van der Waals surface area contributed by atoms with E-state index in [0.717, 1.165) is 17.3 Å². The van der Waals surface area contributed by atoms with E-state index in [0.29, 0.717) is 19.5 Å². The minimum atomic E-state index is -4.40. The molecule has 10 heteroatoms. The van der Waals surface area contributed by atoms with Gasteiger partial charge in [-0.1, -0.05) is 6.92 Å². The van der Waals surface area contributed by atoms with E-state index in [4.69, 9.17) is 0 Å². The molecule has 0 saturated heterocycles. The highest BCUT2D eigenvalue weighted by atomic mass is 32.2. The van der Waals surface area contributed by atoms with Crippen LogP contribution in [0.2, 0.25) is 0 Å². The average molecular weight is 335 g/mol. The standard InChI is InChI=1S/C11H24F3N3O3S/c1-3-5-15-6-4-8-17(2)21(18,19)16-7-9-20-10-11(12,13)14/h15-16H,3-10H2,1-2H3. The Hall–Kier alpha value is -0.420. The molecule has 0 unspecified atom stereocenters. The topological polar surface area (TPSA) is 70.7 Å². The molecule has 0 saturated carbocycles. The third-order valence-electron chi connectivity index (χ3n) is 2.46. The number of rotatable bonds is 12. The van der Waals surface area contributed by atoms with Crippen LogP contribution in [0.1, 0.15) is 19.8 Å². The SMILES string of the molecule is CCCNCCCN(C)S(=O)(=O)NCCOCC(F)(F)F. The van der Waals surface area contributed by atoms with Gasteiger partial charge in [0.2, 0.25) is 0 Å². The van der Waals surface area contributed by atoms with E-state index in [1.807, 2.05) is 6.92 Å². The van der Waals surface area contributed by atoms with Crippen LogP contribution in [0.4, 0.5) is 13.2 Å². The van der Waals surface area contributed by atoms with Gasteiger partial charge in [-0.2, -0.15) is 30.6 Å². The Morgan fingerprint density at radius 1 is 1.19 bits per heavy atom. The molecule has 0 aromatic carbocycles. The van der Waals surface area contributed by atoms with E-state index in [1.54, 1.807) is 0 Å². The maximum atomic E-state index is 11.8. The van der Waals surface area contributed by atoms with E-state index >= 15 is 0 Å². The molecule has 128 valence electrons. The highest BCUT2D eigenvalue weighted by molar-refractivity contribution is 7.87. The predicted octanol–water partition coefficient (Wildman–Crippen LogP) is 0.721. The third kappa shape index (κ3) is 11.9. The Bertz CT molecular complexity index is 363. The Kier molecular flexibility index (Phi) is 10.1. The molecular formula is C11H24F3N3O3S. The Morgan fingerprint density at radius 3 is 2.43 bits per heavy atom. The molecule has 0 aliphatic heterocycles. The van der Waals surface area contributed by atoms with Crippen molar-refractivity contribution in [2.45, 2.75) is 25.9 Å². The van der Waals surface area contributed by atoms with Crippen molar-refractivity contribution in [1.29, 1.82) is 0 Å². The summed E-state index contributed by atoms with van der Waals surface area (Å²) in [6.07, 6.45) is -2.74. The summed E-state index contributed by atoms with van der Waals surface area (Å²) >= 11 is 0. The largest absolute Gasteiger partial charge is 0.411 e. The molecule has 0 aromatic rings. The quantitative estimate of drug-likeness (QED) is 0.516. The van der Waals surface area contributed by atoms with E-state index in [9.17, 15) is 21.6 Å². The number of hydrogen-bond acceptors (Lipinski definition) is 4. The van der Waals surface area contributed by atoms with Crippen LogP contribution in [-0.4, -0.2) is 65.3 Å². The fourth-order valence-corrected chi connectivity index (χ4v) is 2.32. The van der Waals surface area contributed by atoms with E-state index in [-0.39, 0.29) is 13.2 Å². The molecule has 0 amide bonds. The number of nitrogens with one attached hydrogen (secondary N) is 2.